The van der Waals surface area contributed by atoms with E-state index in [0.717, 1.165) is 51.6 Å². The molecule has 0 radical (unpaired) electrons. The number of ether oxygens (including phenoxy) is 1. The molecule has 1 aliphatic rings. The molecule has 0 bridgehead atoms. The van der Waals surface area contributed by atoms with Crippen molar-refractivity contribution in [2.24, 2.45) is 10.2 Å². The normalized spacial score (nSPS) is 13.8. The van der Waals surface area contributed by atoms with Crippen LogP contribution >= 0.6 is 0 Å². The van der Waals surface area contributed by atoms with Crippen LogP contribution in [0, 0.1) is 0 Å². The summed E-state index contributed by atoms with van der Waals surface area (Å²) < 4.78 is 6.22. The van der Waals surface area contributed by atoms with Crippen LogP contribution in [0.4, 0.5) is 0 Å². The third kappa shape index (κ3) is 3.85. The Morgan fingerprint density at radius 3 is 1.69 bits per heavy atom. The second-order valence-electron chi connectivity index (χ2n) is 7.73. The molecule has 0 aliphatic carbocycles. The highest BCUT2D eigenvalue weighted by molar-refractivity contribution is 6.09. The molecule has 1 aliphatic heterocycles. The molecule has 4 aromatic rings. The molecule has 1 heterocycles. The van der Waals surface area contributed by atoms with Crippen molar-refractivity contribution in [1.82, 2.24) is 0 Å². The van der Waals surface area contributed by atoms with Crippen LogP contribution in [0.5, 0.6) is 11.5 Å². The molecule has 0 amide bonds. The lowest BCUT2D eigenvalue weighted by atomic mass is 9.82. The Bertz CT molecular complexity index is 1230. The Labute approximate surface area is 188 Å². The van der Waals surface area contributed by atoms with Gasteiger partial charge in [-0.3, -0.25) is 0 Å². The summed E-state index contributed by atoms with van der Waals surface area (Å²) in [5.41, 5.74) is 6.22. The van der Waals surface area contributed by atoms with E-state index in [-0.39, 0.29) is 5.92 Å². The number of nitrogens with zero attached hydrogens (tertiary/aromatic N) is 2. The summed E-state index contributed by atoms with van der Waals surface area (Å²) in [6, 6.07) is 37.0. The SMILES string of the molecule is CCC(=NN=C(c1ccccc1)C1c2ccccc2Oc2ccccc21)c1ccccc1. The minimum atomic E-state index is -0.0730. The zero-order valence-corrected chi connectivity index (χ0v) is 18.0. The quantitative estimate of drug-likeness (QED) is 0.250. The molecular weight excluding hydrogens is 392 g/mol. The topological polar surface area (TPSA) is 34.0 Å². The molecule has 3 nitrogen and oxygen atoms in total. The van der Waals surface area contributed by atoms with Crippen LogP contribution in [0.2, 0.25) is 0 Å². The van der Waals surface area contributed by atoms with E-state index in [4.69, 9.17) is 14.9 Å². The third-order valence-corrected chi connectivity index (χ3v) is 5.74. The maximum Gasteiger partial charge on any atom is 0.131 e. The monoisotopic (exact) mass is 416 g/mol. The maximum atomic E-state index is 6.22. The van der Waals surface area contributed by atoms with Crippen molar-refractivity contribution in [1.29, 1.82) is 0 Å². The number of fused-ring (bicyclic) bond motifs is 2. The molecule has 0 unspecified atom stereocenters. The van der Waals surface area contributed by atoms with Crippen LogP contribution in [0.25, 0.3) is 0 Å². The Kier molecular flexibility index (Phi) is 5.63. The van der Waals surface area contributed by atoms with Crippen molar-refractivity contribution in [3.63, 3.8) is 0 Å². The second-order valence-corrected chi connectivity index (χ2v) is 7.73. The Morgan fingerprint density at radius 1 is 0.625 bits per heavy atom. The average Bonchev–Trinajstić information content (AvgIpc) is 2.87. The van der Waals surface area contributed by atoms with Gasteiger partial charge in [-0.25, -0.2) is 0 Å². The van der Waals surface area contributed by atoms with Gasteiger partial charge in [-0.2, -0.15) is 10.2 Å². The highest BCUT2D eigenvalue weighted by atomic mass is 16.5. The molecule has 0 fully saturated rings. The first-order valence-corrected chi connectivity index (χ1v) is 11.0. The summed E-state index contributed by atoms with van der Waals surface area (Å²) in [4.78, 5) is 0. The minimum Gasteiger partial charge on any atom is -0.457 e. The lowest BCUT2D eigenvalue weighted by Gasteiger charge is -2.29. The van der Waals surface area contributed by atoms with Crippen molar-refractivity contribution in [3.8, 4) is 11.5 Å². The molecule has 156 valence electrons. The summed E-state index contributed by atoms with van der Waals surface area (Å²) in [5, 5.41) is 9.69. The number of para-hydroxylation sites is 2. The fourth-order valence-corrected chi connectivity index (χ4v) is 4.17. The highest BCUT2D eigenvalue weighted by Crippen LogP contribution is 2.45. The van der Waals surface area contributed by atoms with Crippen LogP contribution in [-0.2, 0) is 0 Å². The zero-order valence-electron chi connectivity index (χ0n) is 18.0. The fourth-order valence-electron chi connectivity index (χ4n) is 4.17. The number of rotatable bonds is 5. The number of hydrogen-bond donors (Lipinski definition) is 0. The van der Waals surface area contributed by atoms with Gasteiger partial charge in [0.25, 0.3) is 0 Å². The first kappa shape index (κ1) is 20.0. The lowest BCUT2D eigenvalue weighted by molar-refractivity contribution is 0.456. The molecule has 0 spiro atoms. The van der Waals surface area contributed by atoms with Crippen molar-refractivity contribution in [3.05, 3.63) is 131 Å². The minimum absolute atomic E-state index is 0.0730. The van der Waals surface area contributed by atoms with E-state index in [1.54, 1.807) is 0 Å². The summed E-state index contributed by atoms with van der Waals surface area (Å²) in [5.74, 6) is 1.65. The number of benzene rings is 4. The molecule has 0 atom stereocenters. The van der Waals surface area contributed by atoms with Gasteiger partial charge in [0.15, 0.2) is 0 Å². The largest absolute Gasteiger partial charge is 0.457 e. The molecule has 3 heteroatoms. The van der Waals surface area contributed by atoms with Gasteiger partial charge in [-0.1, -0.05) is 104 Å². The molecule has 0 saturated heterocycles. The first-order chi connectivity index (χ1) is 15.8. The molecule has 5 rings (SSSR count). The van der Waals surface area contributed by atoms with Crippen LogP contribution in [0.15, 0.2) is 119 Å². The van der Waals surface area contributed by atoms with E-state index in [1.807, 2.05) is 60.7 Å². The summed E-state index contributed by atoms with van der Waals surface area (Å²) in [6.45, 7) is 2.11. The Morgan fingerprint density at radius 2 is 1.12 bits per heavy atom. The van der Waals surface area contributed by atoms with E-state index >= 15 is 0 Å². The zero-order chi connectivity index (χ0) is 21.8. The van der Waals surface area contributed by atoms with Crippen molar-refractivity contribution in [2.75, 3.05) is 0 Å². The molecular formula is C29H24N2O. The molecule has 4 aromatic carbocycles. The third-order valence-electron chi connectivity index (χ3n) is 5.74. The van der Waals surface area contributed by atoms with Crippen LogP contribution < -0.4 is 4.74 Å². The Hall–Kier alpha value is -3.98. The van der Waals surface area contributed by atoms with Gasteiger partial charge in [0.1, 0.15) is 11.5 Å². The van der Waals surface area contributed by atoms with Gasteiger partial charge < -0.3 is 4.74 Å². The molecule has 0 aromatic heterocycles. The van der Waals surface area contributed by atoms with Gasteiger partial charge in [0.2, 0.25) is 0 Å². The standard InChI is InChI=1S/C29H24N2O/c1-2-25(21-13-5-3-6-14-21)30-31-29(22-15-7-4-8-16-22)28-23-17-9-11-19-26(23)32-27-20-12-10-18-24(27)28/h3-20,28H,2H2,1H3. The predicted molar refractivity (Wildman–Crippen MR) is 131 cm³/mol. The van der Waals surface area contributed by atoms with Crippen molar-refractivity contribution >= 4 is 11.4 Å². The fraction of sp³-hybridized carbons (Fsp3) is 0.103. The van der Waals surface area contributed by atoms with E-state index < -0.39 is 0 Å². The van der Waals surface area contributed by atoms with Gasteiger partial charge in [-0.15, -0.1) is 0 Å². The lowest BCUT2D eigenvalue weighted by Crippen LogP contribution is -2.20. The Balaban J connectivity index is 1.71. The van der Waals surface area contributed by atoms with Gasteiger partial charge >= 0.3 is 0 Å². The van der Waals surface area contributed by atoms with Gasteiger partial charge in [0, 0.05) is 11.1 Å². The summed E-state index contributed by atoms with van der Waals surface area (Å²) in [7, 11) is 0. The van der Waals surface area contributed by atoms with Gasteiger partial charge in [0.05, 0.1) is 17.3 Å². The van der Waals surface area contributed by atoms with Crippen LogP contribution in [0.1, 0.15) is 41.5 Å². The summed E-state index contributed by atoms with van der Waals surface area (Å²) in [6.07, 6.45) is 0.802. The smallest absolute Gasteiger partial charge is 0.131 e. The average molecular weight is 417 g/mol. The van der Waals surface area contributed by atoms with Crippen molar-refractivity contribution < 1.29 is 4.74 Å². The maximum absolute atomic E-state index is 6.22. The first-order valence-electron chi connectivity index (χ1n) is 11.0. The van der Waals surface area contributed by atoms with E-state index in [0.29, 0.717) is 0 Å². The molecule has 0 saturated carbocycles. The molecule has 32 heavy (non-hydrogen) atoms. The van der Waals surface area contributed by atoms with E-state index in [1.165, 1.54) is 0 Å². The van der Waals surface area contributed by atoms with Crippen LogP contribution in [0.3, 0.4) is 0 Å². The van der Waals surface area contributed by atoms with E-state index in [9.17, 15) is 0 Å². The van der Waals surface area contributed by atoms with Crippen LogP contribution in [-0.4, -0.2) is 11.4 Å². The molecule has 0 N–H and O–H groups in total. The van der Waals surface area contributed by atoms with Gasteiger partial charge in [-0.05, 0) is 29.7 Å². The van der Waals surface area contributed by atoms with Crippen molar-refractivity contribution in [2.45, 2.75) is 19.3 Å². The number of hydrogen-bond acceptors (Lipinski definition) is 3. The second kappa shape index (κ2) is 9.03. The highest BCUT2D eigenvalue weighted by Gasteiger charge is 2.31. The predicted octanol–water partition coefficient (Wildman–Crippen LogP) is 7.23. The summed E-state index contributed by atoms with van der Waals surface area (Å²) >= 11 is 0. The van der Waals surface area contributed by atoms with E-state index in [2.05, 4.69) is 55.5 Å².